The van der Waals surface area contributed by atoms with Crippen molar-refractivity contribution in [3.05, 3.63) is 47.2 Å². The second-order valence-electron chi connectivity index (χ2n) is 11.3. The Morgan fingerprint density at radius 1 is 1.12 bits per heavy atom. The van der Waals surface area contributed by atoms with Crippen molar-refractivity contribution in [3.63, 3.8) is 0 Å². The van der Waals surface area contributed by atoms with Crippen molar-refractivity contribution in [1.82, 2.24) is 19.8 Å². The first-order valence-corrected chi connectivity index (χ1v) is 15.4. The van der Waals surface area contributed by atoms with Crippen molar-refractivity contribution in [1.29, 1.82) is 5.26 Å². The lowest BCUT2D eigenvalue weighted by Crippen LogP contribution is -2.55. The summed E-state index contributed by atoms with van der Waals surface area (Å²) in [7, 11) is -3.75. The fourth-order valence-corrected chi connectivity index (χ4v) is 5.37. The number of piperazine rings is 1. The van der Waals surface area contributed by atoms with Crippen molar-refractivity contribution in [3.8, 4) is 6.07 Å². The monoisotopic (exact) mass is 584 g/mol. The van der Waals surface area contributed by atoms with Gasteiger partial charge in [-0.1, -0.05) is 30.3 Å². The molecule has 1 aromatic heterocycles. The highest BCUT2D eigenvalue weighted by Crippen LogP contribution is 2.30. The first kappa shape index (κ1) is 30.2. The molecule has 1 atom stereocenters. The Balaban J connectivity index is 1.52. The number of carbonyl (C=O) groups excluding carboxylic acids is 2. The highest BCUT2D eigenvalue weighted by molar-refractivity contribution is 7.90. The average Bonchev–Trinajstić information content (AvgIpc) is 2.91. The number of hydrogen-bond donors (Lipinski definition) is 0. The van der Waals surface area contributed by atoms with Gasteiger partial charge in [0.1, 0.15) is 18.0 Å². The van der Waals surface area contributed by atoms with Crippen LogP contribution < -0.4 is 4.90 Å². The van der Waals surface area contributed by atoms with Gasteiger partial charge in [0.2, 0.25) is 15.0 Å². The minimum atomic E-state index is -3.75. The standard InChI is InChI=1S/C28H36N6O6S/c1-28(2,3)40-27(36)34-13-11-22-23(17-34)30-26(41(4,37)38)31-25(22)33-15-14-32(21(16-33)10-12-29)18-24(35)39-19-20-8-6-5-7-9-20/h5-9,21H,10-11,13-19H2,1-4H3/t21-/m0/s1. The SMILES string of the molecule is CC(C)(C)OC(=O)N1CCc2c(nc(S(C)(=O)=O)nc2N2CCN(CC(=O)OCc3ccccc3)[C@@H](CC#N)C2)C1. The van der Waals surface area contributed by atoms with Crippen molar-refractivity contribution < 1.29 is 27.5 Å². The zero-order valence-electron chi connectivity index (χ0n) is 23.9. The minimum absolute atomic E-state index is 0.0361. The van der Waals surface area contributed by atoms with Crippen LogP contribution in [0.25, 0.3) is 0 Å². The second kappa shape index (κ2) is 12.4. The summed E-state index contributed by atoms with van der Waals surface area (Å²) >= 11 is 0. The van der Waals surface area contributed by atoms with E-state index in [1.54, 1.807) is 20.8 Å². The summed E-state index contributed by atoms with van der Waals surface area (Å²) in [5.74, 6) is 0.0970. The van der Waals surface area contributed by atoms with Crippen LogP contribution >= 0.6 is 0 Å². The molecule has 1 amide bonds. The largest absolute Gasteiger partial charge is 0.460 e. The second-order valence-corrected chi connectivity index (χ2v) is 13.2. The molecule has 1 aromatic carbocycles. The maximum Gasteiger partial charge on any atom is 0.410 e. The molecular weight excluding hydrogens is 548 g/mol. The van der Waals surface area contributed by atoms with Gasteiger partial charge >= 0.3 is 12.1 Å². The third-order valence-electron chi connectivity index (χ3n) is 6.81. The van der Waals surface area contributed by atoms with Crippen LogP contribution in [-0.2, 0) is 43.7 Å². The maximum absolute atomic E-state index is 12.7. The van der Waals surface area contributed by atoms with E-state index < -0.39 is 21.5 Å². The number of fused-ring (bicyclic) bond motifs is 1. The van der Waals surface area contributed by atoms with Gasteiger partial charge in [0.05, 0.1) is 31.3 Å². The van der Waals surface area contributed by atoms with Gasteiger partial charge in [-0.05, 0) is 32.8 Å². The van der Waals surface area contributed by atoms with E-state index in [2.05, 4.69) is 16.0 Å². The maximum atomic E-state index is 12.7. The van der Waals surface area contributed by atoms with Crippen LogP contribution in [0.3, 0.4) is 0 Å². The molecule has 41 heavy (non-hydrogen) atoms. The summed E-state index contributed by atoms with van der Waals surface area (Å²) in [4.78, 5) is 39.5. The lowest BCUT2D eigenvalue weighted by Gasteiger charge is -2.42. The molecule has 4 rings (SSSR count). The summed E-state index contributed by atoms with van der Waals surface area (Å²) in [6.07, 6.45) is 1.14. The Labute approximate surface area is 240 Å². The van der Waals surface area contributed by atoms with Crippen LogP contribution in [-0.4, -0.2) is 90.9 Å². The molecule has 2 aliphatic heterocycles. The third kappa shape index (κ3) is 7.92. The number of ether oxygens (including phenoxy) is 2. The molecule has 1 fully saturated rings. The van der Waals surface area contributed by atoms with Crippen LogP contribution in [0.2, 0.25) is 0 Å². The lowest BCUT2D eigenvalue weighted by atomic mass is 10.0. The third-order valence-corrected chi connectivity index (χ3v) is 7.66. The van der Waals surface area contributed by atoms with E-state index in [-0.39, 0.29) is 43.3 Å². The van der Waals surface area contributed by atoms with E-state index in [0.29, 0.717) is 44.1 Å². The highest BCUT2D eigenvalue weighted by Gasteiger charge is 2.35. The molecule has 0 unspecified atom stereocenters. The van der Waals surface area contributed by atoms with Crippen LogP contribution in [0, 0.1) is 11.3 Å². The Kier molecular flexibility index (Phi) is 9.14. The summed E-state index contributed by atoms with van der Waals surface area (Å²) in [5, 5.41) is 9.20. The molecular formula is C28H36N6O6S. The van der Waals surface area contributed by atoms with E-state index >= 15 is 0 Å². The van der Waals surface area contributed by atoms with E-state index in [1.165, 1.54) is 4.90 Å². The molecule has 12 nitrogen and oxygen atoms in total. The predicted octanol–water partition coefficient (Wildman–Crippen LogP) is 2.32. The zero-order valence-corrected chi connectivity index (χ0v) is 24.7. The number of sulfone groups is 1. The van der Waals surface area contributed by atoms with Gasteiger partial charge in [0.15, 0.2) is 0 Å². The molecule has 0 aliphatic carbocycles. The van der Waals surface area contributed by atoms with Gasteiger partial charge in [0.25, 0.3) is 0 Å². The van der Waals surface area contributed by atoms with Crippen molar-refractivity contribution in [2.45, 2.75) is 63.6 Å². The number of rotatable bonds is 7. The Bertz CT molecular complexity index is 1420. The first-order valence-electron chi connectivity index (χ1n) is 13.5. The van der Waals surface area contributed by atoms with E-state index in [9.17, 15) is 23.3 Å². The van der Waals surface area contributed by atoms with E-state index in [0.717, 1.165) is 17.4 Å². The summed E-state index contributed by atoms with van der Waals surface area (Å²) in [6, 6.07) is 11.3. The Hall–Kier alpha value is -3.76. The van der Waals surface area contributed by atoms with Gasteiger partial charge < -0.3 is 19.3 Å². The van der Waals surface area contributed by atoms with Gasteiger partial charge in [-0.15, -0.1) is 0 Å². The predicted molar refractivity (Wildman–Crippen MR) is 150 cm³/mol. The smallest absolute Gasteiger partial charge is 0.410 e. The van der Waals surface area contributed by atoms with E-state index in [1.807, 2.05) is 40.1 Å². The molecule has 2 aliphatic rings. The number of nitriles is 1. The number of esters is 1. The number of benzene rings is 1. The lowest BCUT2D eigenvalue weighted by molar-refractivity contribution is -0.147. The topological polar surface area (TPSA) is 146 Å². The van der Waals surface area contributed by atoms with Crippen LogP contribution in [0.1, 0.15) is 44.0 Å². The Morgan fingerprint density at radius 2 is 1.85 bits per heavy atom. The molecule has 2 aromatic rings. The fourth-order valence-electron chi connectivity index (χ4n) is 4.84. The fraction of sp³-hybridized carbons (Fsp3) is 0.536. The Morgan fingerprint density at radius 3 is 2.51 bits per heavy atom. The normalized spacial score (nSPS) is 17.9. The molecule has 0 radical (unpaired) electrons. The molecule has 3 heterocycles. The molecule has 13 heteroatoms. The molecule has 0 N–H and O–H groups in total. The van der Waals surface area contributed by atoms with Crippen molar-refractivity contribution in [2.24, 2.45) is 0 Å². The first-order chi connectivity index (χ1) is 19.3. The van der Waals surface area contributed by atoms with Crippen LogP contribution in [0.5, 0.6) is 0 Å². The van der Waals surface area contributed by atoms with Gasteiger partial charge in [-0.2, -0.15) is 5.26 Å². The number of amides is 1. The van der Waals surface area contributed by atoms with Gasteiger partial charge in [-0.25, -0.2) is 23.2 Å². The molecule has 0 saturated carbocycles. The summed E-state index contributed by atoms with van der Waals surface area (Å²) in [5.41, 5.74) is 1.44. The van der Waals surface area contributed by atoms with Crippen LogP contribution in [0.4, 0.5) is 10.6 Å². The molecule has 1 saturated heterocycles. The zero-order chi connectivity index (χ0) is 29.8. The molecule has 220 valence electrons. The number of anilines is 1. The van der Waals surface area contributed by atoms with Gasteiger partial charge in [0, 0.05) is 44.0 Å². The van der Waals surface area contributed by atoms with Crippen molar-refractivity contribution >= 4 is 27.7 Å². The highest BCUT2D eigenvalue weighted by atomic mass is 32.2. The quantitative estimate of drug-likeness (QED) is 0.349. The van der Waals surface area contributed by atoms with E-state index in [4.69, 9.17) is 9.47 Å². The summed E-state index contributed by atoms with van der Waals surface area (Å²) < 4.78 is 36.0. The minimum Gasteiger partial charge on any atom is -0.460 e. The van der Waals surface area contributed by atoms with Crippen molar-refractivity contribution in [2.75, 3.05) is 43.9 Å². The molecule has 0 bridgehead atoms. The number of hydrogen-bond acceptors (Lipinski definition) is 11. The number of nitrogens with zero attached hydrogens (tertiary/aromatic N) is 6. The summed E-state index contributed by atoms with van der Waals surface area (Å²) in [6.45, 7) is 7.28. The average molecular weight is 585 g/mol. The molecule has 0 spiro atoms. The number of carbonyl (C=O) groups is 2. The van der Waals surface area contributed by atoms with Gasteiger partial charge in [-0.3, -0.25) is 9.69 Å². The van der Waals surface area contributed by atoms with Crippen LogP contribution in [0.15, 0.2) is 35.5 Å². The number of aromatic nitrogens is 2.